The molecule has 1 unspecified atom stereocenters. The van der Waals surface area contributed by atoms with Crippen molar-refractivity contribution < 1.29 is 22.7 Å². The normalized spacial score (nSPS) is 26.3. The number of hydrogen-bond acceptors (Lipinski definition) is 3. The number of unbranched alkanes of at least 4 members (excludes halogenated alkanes) is 1. The first kappa shape index (κ1) is 22.2. The monoisotopic (exact) mass is 485 g/mol. The van der Waals surface area contributed by atoms with Gasteiger partial charge in [0.1, 0.15) is 10.7 Å². The fraction of sp³-hybridized carbons (Fsp3) is 0.476. The maximum atomic E-state index is 14.1. The first-order valence-corrected chi connectivity index (χ1v) is 12.1. The molecule has 0 radical (unpaired) electrons. The Morgan fingerprint density at radius 1 is 1.28 bits per heavy atom. The second-order valence-electron chi connectivity index (χ2n) is 7.67. The van der Waals surface area contributed by atoms with Crippen LogP contribution in [0.5, 0.6) is 0 Å². The van der Waals surface area contributed by atoms with Gasteiger partial charge < -0.3 is 5.11 Å². The minimum atomic E-state index is -3.95. The highest BCUT2D eigenvalue weighted by Crippen LogP contribution is 2.45. The predicted molar refractivity (Wildman–Crippen MR) is 112 cm³/mol. The molecule has 0 spiro atoms. The summed E-state index contributed by atoms with van der Waals surface area (Å²) in [6.07, 6.45) is 12.0. The lowest BCUT2D eigenvalue weighted by molar-refractivity contribution is -0.137. The lowest BCUT2D eigenvalue weighted by atomic mass is 9.62. The average Bonchev–Trinajstić information content (AvgIpc) is 2.67. The summed E-state index contributed by atoms with van der Waals surface area (Å²) < 4.78 is 42.5. The number of hydrogen-bond donors (Lipinski definition) is 2. The van der Waals surface area contributed by atoms with E-state index >= 15 is 0 Å². The largest absolute Gasteiger partial charge is 0.481 e. The van der Waals surface area contributed by atoms with Crippen LogP contribution < -0.4 is 4.72 Å². The summed E-state index contributed by atoms with van der Waals surface area (Å²) >= 11 is 3.13. The van der Waals surface area contributed by atoms with E-state index in [9.17, 15) is 17.6 Å². The number of sulfonamides is 1. The SMILES string of the molecule is O=C(O)CCC/C=C\[C@@H]1C(CNS(=O)(=O)c2ccc(Br)cc2F)[C@H]2C=C[C@@H]1CC2. The third-order valence-electron chi connectivity index (χ3n) is 5.79. The summed E-state index contributed by atoms with van der Waals surface area (Å²) in [6, 6.07) is 3.91. The van der Waals surface area contributed by atoms with E-state index in [4.69, 9.17) is 5.11 Å². The number of carboxylic acids is 1. The molecule has 158 valence electrons. The van der Waals surface area contributed by atoms with Crippen molar-refractivity contribution in [2.45, 2.75) is 37.0 Å². The zero-order valence-electron chi connectivity index (χ0n) is 15.9. The van der Waals surface area contributed by atoms with Gasteiger partial charge in [-0.15, -0.1) is 0 Å². The minimum absolute atomic E-state index is 0.0998. The number of carboxylic acid groups (broad SMARTS) is 1. The standard InChI is InChI=1S/C21H25BrFNO4S/c22-16-10-11-20(19(23)12-16)29(27,28)24-13-18-15-8-6-14(7-9-15)17(18)4-2-1-3-5-21(25)26/h2,4,6,8,10-12,14-15,17-18,24H,1,3,5,7,9,13H2,(H,25,26)/b4-2-/t14-,15+,17+,18?/m1/s1. The molecule has 1 fully saturated rings. The Morgan fingerprint density at radius 3 is 2.66 bits per heavy atom. The van der Waals surface area contributed by atoms with Crippen molar-refractivity contribution in [1.82, 2.24) is 4.72 Å². The van der Waals surface area contributed by atoms with E-state index in [-0.39, 0.29) is 35.6 Å². The summed E-state index contributed by atoms with van der Waals surface area (Å²) in [4.78, 5) is 10.3. The molecule has 0 aromatic heterocycles. The van der Waals surface area contributed by atoms with Gasteiger partial charge in [0.2, 0.25) is 10.0 Å². The maximum absolute atomic E-state index is 14.1. The van der Waals surface area contributed by atoms with Crippen LogP contribution in [0.3, 0.4) is 0 Å². The van der Waals surface area contributed by atoms with E-state index in [2.05, 4.69) is 38.9 Å². The summed E-state index contributed by atoms with van der Waals surface area (Å²) in [7, 11) is -3.95. The molecular formula is C21H25BrFNO4S. The molecule has 29 heavy (non-hydrogen) atoms. The van der Waals surface area contributed by atoms with Crippen molar-refractivity contribution >= 4 is 31.9 Å². The molecule has 0 heterocycles. The van der Waals surface area contributed by atoms with Crippen molar-refractivity contribution in [3.8, 4) is 0 Å². The van der Waals surface area contributed by atoms with Crippen LogP contribution in [0.4, 0.5) is 4.39 Å². The van der Waals surface area contributed by atoms with Crippen molar-refractivity contribution in [2.75, 3.05) is 6.54 Å². The van der Waals surface area contributed by atoms with Gasteiger partial charge in [-0.25, -0.2) is 17.5 Å². The third-order valence-corrected chi connectivity index (χ3v) is 7.74. The molecule has 0 amide bonds. The van der Waals surface area contributed by atoms with E-state index in [0.717, 1.165) is 18.9 Å². The number of halogens is 2. The van der Waals surface area contributed by atoms with Gasteiger partial charge in [0.15, 0.2) is 0 Å². The zero-order chi connectivity index (χ0) is 21.0. The van der Waals surface area contributed by atoms with E-state index in [1.54, 1.807) is 0 Å². The molecule has 1 aromatic rings. The van der Waals surface area contributed by atoms with E-state index < -0.39 is 21.8 Å². The summed E-state index contributed by atoms with van der Waals surface area (Å²) in [5.74, 6) is -0.651. The molecule has 0 aliphatic heterocycles. The highest BCUT2D eigenvalue weighted by atomic mass is 79.9. The fourth-order valence-electron chi connectivity index (χ4n) is 4.32. The number of allylic oxidation sites excluding steroid dienone is 4. The lowest BCUT2D eigenvalue weighted by Crippen LogP contribution is -2.43. The number of carbonyl (C=O) groups is 1. The van der Waals surface area contributed by atoms with Gasteiger partial charge in [-0.05, 0) is 67.6 Å². The van der Waals surface area contributed by atoms with E-state index in [0.29, 0.717) is 23.2 Å². The number of rotatable bonds is 9. The summed E-state index contributed by atoms with van der Waals surface area (Å²) in [5, 5.41) is 8.74. The number of benzene rings is 1. The molecule has 1 aromatic carbocycles. The topological polar surface area (TPSA) is 83.5 Å². The van der Waals surface area contributed by atoms with Crippen LogP contribution in [0.15, 0.2) is 51.9 Å². The van der Waals surface area contributed by atoms with Gasteiger partial charge in [0.05, 0.1) is 0 Å². The molecule has 4 atom stereocenters. The molecule has 2 bridgehead atoms. The first-order valence-electron chi connectivity index (χ1n) is 9.79. The Kier molecular flexibility index (Phi) is 7.29. The Balaban J connectivity index is 1.68. The van der Waals surface area contributed by atoms with Gasteiger partial charge in [-0.1, -0.05) is 40.2 Å². The molecule has 3 aliphatic rings. The first-order chi connectivity index (χ1) is 13.8. The highest BCUT2D eigenvalue weighted by Gasteiger charge is 2.39. The maximum Gasteiger partial charge on any atom is 0.303 e. The Morgan fingerprint density at radius 2 is 2.00 bits per heavy atom. The van der Waals surface area contributed by atoms with Gasteiger partial charge >= 0.3 is 5.97 Å². The van der Waals surface area contributed by atoms with Crippen LogP contribution in [0.25, 0.3) is 0 Å². The minimum Gasteiger partial charge on any atom is -0.481 e. The third kappa shape index (κ3) is 5.55. The molecule has 0 saturated heterocycles. The van der Waals surface area contributed by atoms with Crippen molar-refractivity contribution in [3.05, 3.63) is 52.8 Å². The molecule has 1 saturated carbocycles. The Bertz CT molecular complexity index is 915. The summed E-state index contributed by atoms with van der Waals surface area (Å²) in [5.41, 5.74) is 0. The van der Waals surface area contributed by atoms with Crippen LogP contribution in [0.2, 0.25) is 0 Å². The molecule has 4 rings (SSSR count). The smallest absolute Gasteiger partial charge is 0.303 e. The molecule has 5 nitrogen and oxygen atoms in total. The average molecular weight is 486 g/mol. The van der Waals surface area contributed by atoms with Crippen molar-refractivity contribution in [3.63, 3.8) is 0 Å². The van der Waals surface area contributed by atoms with Gasteiger partial charge in [-0.2, -0.15) is 0 Å². The summed E-state index contributed by atoms with van der Waals surface area (Å²) in [6.45, 7) is 0.244. The van der Waals surface area contributed by atoms with Crippen LogP contribution in [-0.2, 0) is 14.8 Å². The van der Waals surface area contributed by atoms with Gasteiger partial charge in [0, 0.05) is 17.4 Å². The van der Waals surface area contributed by atoms with Crippen molar-refractivity contribution in [1.29, 1.82) is 0 Å². The highest BCUT2D eigenvalue weighted by molar-refractivity contribution is 9.10. The molecule has 3 aliphatic carbocycles. The van der Waals surface area contributed by atoms with Gasteiger partial charge in [0.25, 0.3) is 0 Å². The molecule has 8 heteroatoms. The number of fused-ring (bicyclic) bond motifs is 2. The number of aliphatic carboxylic acids is 1. The van der Waals surface area contributed by atoms with Gasteiger partial charge in [-0.3, -0.25) is 4.79 Å². The van der Waals surface area contributed by atoms with E-state index in [1.165, 1.54) is 12.1 Å². The predicted octanol–water partition coefficient (Wildman–Crippen LogP) is 4.51. The van der Waals surface area contributed by atoms with Crippen LogP contribution in [-0.4, -0.2) is 26.0 Å². The molecule has 2 N–H and O–H groups in total. The van der Waals surface area contributed by atoms with Crippen LogP contribution >= 0.6 is 15.9 Å². The second-order valence-corrected chi connectivity index (χ2v) is 10.3. The lowest BCUT2D eigenvalue weighted by Gasteiger charge is -2.44. The number of nitrogens with one attached hydrogen (secondary N) is 1. The van der Waals surface area contributed by atoms with Crippen LogP contribution in [0.1, 0.15) is 32.1 Å². The second kappa shape index (κ2) is 9.53. The van der Waals surface area contributed by atoms with Crippen molar-refractivity contribution in [2.24, 2.45) is 23.7 Å². The van der Waals surface area contributed by atoms with Crippen LogP contribution in [0, 0.1) is 29.5 Å². The zero-order valence-corrected chi connectivity index (χ0v) is 18.3. The Hall–Kier alpha value is -1.51. The Labute approximate surface area is 179 Å². The fourth-order valence-corrected chi connectivity index (χ4v) is 5.78. The van der Waals surface area contributed by atoms with E-state index in [1.807, 2.05) is 6.08 Å². The quantitative estimate of drug-likeness (QED) is 0.398. The molecular weight excluding hydrogens is 461 g/mol.